The lowest BCUT2D eigenvalue weighted by molar-refractivity contribution is -0.135. The Balaban J connectivity index is 1.85. The summed E-state index contributed by atoms with van der Waals surface area (Å²) in [5, 5.41) is 0. The highest BCUT2D eigenvalue weighted by Gasteiger charge is 2.28. The van der Waals surface area contributed by atoms with Gasteiger partial charge in [-0.2, -0.15) is 0 Å². The Kier molecular flexibility index (Phi) is 5.56. The molecule has 1 aromatic carbocycles. The Morgan fingerprint density at radius 2 is 2.24 bits per heavy atom. The number of ether oxygens (including phenoxy) is 1. The minimum atomic E-state index is -0.406. The molecule has 0 radical (unpaired) electrons. The van der Waals surface area contributed by atoms with Crippen molar-refractivity contribution in [1.29, 1.82) is 0 Å². The number of likely N-dealkylation sites (tertiary alicyclic amines) is 1. The molecule has 0 bridgehead atoms. The van der Waals surface area contributed by atoms with E-state index in [-0.39, 0.29) is 36.8 Å². The monoisotopic (exact) mass is 294 g/mol. The van der Waals surface area contributed by atoms with Gasteiger partial charge in [0.2, 0.25) is 5.91 Å². The second kappa shape index (κ2) is 7.41. The number of para-hydroxylation sites is 1. The van der Waals surface area contributed by atoms with Gasteiger partial charge >= 0.3 is 0 Å². The number of hydrogen-bond donors (Lipinski definition) is 1. The zero-order valence-electron chi connectivity index (χ0n) is 12.4. The molecule has 1 amide bonds. The molecule has 1 saturated heterocycles. The van der Waals surface area contributed by atoms with E-state index < -0.39 is 5.82 Å². The first-order valence-electron chi connectivity index (χ1n) is 7.52. The summed E-state index contributed by atoms with van der Waals surface area (Å²) in [6.45, 7) is 2.87. The number of nitrogens with two attached hydrogens (primary N) is 1. The molecule has 1 aliphatic heterocycles. The predicted molar refractivity (Wildman–Crippen MR) is 79.5 cm³/mol. The maximum atomic E-state index is 13.4. The van der Waals surface area contributed by atoms with Gasteiger partial charge in [0.05, 0.1) is 13.0 Å². The van der Waals surface area contributed by atoms with Gasteiger partial charge in [-0.05, 0) is 38.3 Å². The molecule has 0 saturated carbocycles. The molecule has 4 nitrogen and oxygen atoms in total. The van der Waals surface area contributed by atoms with Crippen LogP contribution in [0, 0.1) is 5.82 Å². The van der Waals surface area contributed by atoms with E-state index in [0.29, 0.717) is 0 Å². The number of piperidine rings is 1. The van der Waals surface area contributed by atoms with Crippen LogP contribution in [0.25, 0.3) is 0 Å². The average Bonchev–Trinajstić information content (AvgIpc) is 2.49. The van der Waals surface area contributed by atoms with Gasteiger partial charge in [0.15, 0.2) is 11.6 Å². The van der Waals surface area contributed by atoms with Crippen LogP contribution < -0.4 is 10.5 Å². The summed E-state index contributed by atoms with van der Waals surface area (Å²) in [6.07, 6.45) is 3.33. The third kappa shape index (κ3) is 4.17. The SMILES string of the molecule is CC(N)C1CCCCN1C(=O)CCOc1ccccc1F. The van der Waals surface area contributed by atoms with Crippen LogP contribution >= 0.6 is 0 Å². The number of halogens is 1. The molecule has 0 aromatic heterocycles. The number of nitrogens with zero attached hydrogens (tertiary/aromatic N) is 1. The summed E-state index contributed by atoms with van der Waals surface area (Å²) in [5.74, 6) is -0.183. The van der Waals surface area contributed by atoms with E-state index in [1.54, 1.807) is 18.2 Å². The first-order valence-corrected chi connectivity index (χ1v) is 7.52. The molecule has 21 heavy (non-hydrogen) atoms. The van der Waals surface area contributed by atoms with Gasteiger partial charge in [-0.3, -0.25) is 4.79 Å². The first-order chi connectivity index (χ1) is 10.1. The van der Waals surface area contributed by atoms with Crippen LogP contribution in [0.1, 0.15) is 32.6 Å². The molecule has 2 atom stereocenters. The lowest BCUT2D eigenvalue weighted by atomic mass is 9.96. The van der Waals surface area contributed by atoms with E-state index in [1.165, 1.54) is 6.07 Å². The van der Waals surface area contributed by atoms with Crippen molar-refractivity contribution in [3.8, 4) is 5.75 Å². The molecule has 1 heterocycles. The van der Waals surface area contributed by atoms with Gasteiger partial charge in [-0.1, -0.05) is 12.1 Å². The number of carbonyl (C=O) groups is 1. The summed E-state index contributed by atoms with van der Waals surface area (Å²) < 4.78 is 18.7. The van der Waals surface area contributed by atoms with Crippen LogP contribution in [0.2, 0.25) is 0 Å². The zero-order chi connectivity index (χ0) is 15.2. The highest BCUT2D eigenvalue weighted by molar-refractivity contribution is 5.76. The minimum Gasteiger partial charge on any atom is -0.490 e. The van der Waals surface area contributed by atoms with Crippen LogP contribution in [0.5, 0.6) is 5.75 Å². The van der Waals surface area contributed by atoms with Crippen LogP contribution in [0.3, 0.4) is 0 Å². The highest BCUT2D eigenvalue weighted by atomic mass is 19.1. The topological polar surface area (TPSA) is 55.6 Å². The van der Waals surface area contributed by atoms with E-state index >= 15 is 0 Å². The van der Waals surface area contributed by atoms with E-state index in [2.05, 4.69) is 0 Å². The number of amides is 1. The Morgan fingerprint density at radius 3 is 2.95 bits per heavy atom. The Bertz CT molecular complexity index is 479. The first kappa shape index (κ1) is 15.8. The van der Waals surface area contributed by atoms with Gasteiger partial charge in [0.25, 0.3) is 0 Å². The summed E-state index contributed by atoms with van der Waals surface area (Å²) >= 11 is 0. The number of carbonyl (C=O) groups excluding carboxylic acids is 1. The molecule has 2 unspecified atom stereocenters. The normalized spacial score (nSPS) is 20.1. The van der Waals surface area contributed by atoms with Crippen LogP contribution in [-0.2, 0) is 4.79 Å². The largest absolute Gasteiger partial charge is 0.490 e. The Morgan fingerprint density at radius 1 is 1.48 bits per heavy atom. The minimum absolute atomic E-state index is 0.0262. The van der Waals surface area contributed by atoms with Crippen molar-refractivity contribution >= 4 is 5.91 Å². The molecule has 0 aliphatic carbocycles. The molecule has 0 spiro atoms. The summed E-state index contributed by atoms with van der Waals surface area (Å²) in [5.41, 5.74) is 5.96. The fourth-order valence-electron chi connectivity index (χ4n) is 2.77. The van der Waals surface area contributed by atoms with Gasteiger partial charge < -0.3 is 15.4 Å². The van der Waals surface area contributed by atoms with Crippen LogP contribution in [-0.4, -0.2) is 36.0 Å². The fraction of sp³-hybridized carbons (Fsp3) is 0.562. The number of hydrogen-bond acceptors (Lipinski definition) is 3. The van der Waals surface area contributed by atoms with Crippen molar-refractivity contribution in [3.05, 3.63) is 30.1 Å². The maximum Gasteiger partial charge on any atom is 0.226 e. The molecule has 1 aliphatic rings. The van der Waals surface area contributed by atoms with Gasteiger partial charge in [0, 0.05) is 18.6 Å². The van der Waals surface area contributed by atoms with Gasteiger partial charge in [0.1, 0.15) is 0 Å². The Hall–Kier alpha value is -1.62. The van der Waals surface area contributed by atoms with Crippen molar-refractivity contribution < 1.29 is 13.9 Å². The third-order valence-corrected chi connectivity index (χ3v) is 3.89. The summed E-state index contributed by atoms with van der Waals surface area (Å²) in [4.78, 5) is 14.1. The van der Waals surface area contributed by atoms with E-state index in [0.717, 1.165) is 25.8 Å². The van der Waals surface area contributed by atoms with Crippen LogP contribution in [0.4, 0.5) is 4.39 Å². The number of rotatable bonds is 5. The molecule has 2 rings (SSSR count). The maximum absolute atomic E-state index is 13.4. The van der Waals surface area contributed by atoms with Crippen molar-refractivity contribution in [2.75, 3.05) is 13.2 Å². The van der Waals surface area contributed by atoms with E-state index in [4.69, 9.17) is 10.5 Å². The van der Waals surface area contributed by atoms with Crippen LogP contribution in [0.15, 0.2) is 24.3 Å². The number of benzene rings is 1. The quantitative estimate of drug-likeness (QED) is 0.906. The predicted octanol–water partition coefficient (Wildman–Crippen LogP) is 2.32. The standard InChI is InChI=1S/C16H23FN2O2/c1-12(18)14-7-4-5-10-19(14)16(20)9-11-21-15-8-3-2-6-13(15)17/h2-3,6,8,12,14H,4-5,7,9-11,18H2,1H3. The van der Waals surface area contributed by atoms with Crippen molar-refractivity contribution in [1.82, 2.24) is 4.90 Å². The molecule has 1 aromatic rings. The smallest absolute Gasteiger partial charge is 0.226 e. The van der Waals surface area contributed by atoms with Gasteiger partial charge in [-0.15, -0.1) is 0 Å². The van der Waals surface area contributed by atoms with Crippen molar-refractivity contribution in [2.24, 2.45) is 5.73 Å². The molecule has 2 N–H and O–H groups in total. The second-order valence-corrected chi connectivity index (χ2v) is 5.54. The molecular formula is C16H23FN2O2. The summed E-state index contributed by atoms with van der Waals surface area (Å²) in [6, 6.07) is 6.30. The lowest BCUT2D eigenvalue weighted by Gasteiger charge is -2.38. The zero-order valence-corrected chi connectivity index (χ0v) is 12.4. The van der Waals surface area contributed by atoms with Crippen molar-refractivity contribution in [3.63, 3.8) is 0 Å². The van der Waals surface area contributed by atoms with E-state index in [9.17, 15) is 9.18 Å². The molecule has 5 heteroatoms. The Labute approximate surface area is 125 Å². The van der Waals surface area contributed by atoms with Gasteiger partial charge in [-0.25, -0.2) is 4.39 Å². The van der Waals surface area contributed by atoms with E-state index in [1.807, 2.05) is 11.8 Å². The highest BCUT2D eigenvalue weighted by Crippen LogP contribution is 2.20. The lowest BCUT2D eigenvalue weighted by Crippen LogP contribution is -2.51. The third-order valence-electron chi connectivity index (χ3n) is 3.89. The molecular weight excluding hydrogens is 271 g/mol. The molecule has 116 valence electrons. The van der Waals surface area contributed by atoms with Crippen molar-refractivity contribution in [2.45, 2.75) is 44.7 Å². The average molecular weight is 294 g/mol. The molecule has 1 fully saturated rings. The second-order valence-electron chi connectivity index (χ2n) is 5.54. The fourth-order valence-corrected chi connectivity index (χ4v) is 2.77. The summed E-state index contributed by atoms with van der Waals surface area (Å²) in [7, 11) is 0.